The van der Waals surface area contributed by atoms with Crippen molar-refractivity contribution in [3.8, 4) is 0 Å². The number of nitrogens with zero attached hydrogens (tertiary/aromatic N) is 1. The van der Waals surface area contributed by atoms with E-state index in [0.29, 0.717) is 12.5 Å². The summed E-state index contributed by atoms with van der Waals surface area (Å²) >= 11 is 0. The number of pyridine rings is 1. The van der Waals surface area contributed by atoms with Gasteiger partial charge in [0.2, 0.25) is 10.0 Å². The average Bonchev–Trinajstić information content (AvgIpc) is 3.51. The minimum atomic E-state index is -3.75. The first kappa shape index (κ1) is 20.5. The van der Waals surface area contributed by atoms with Gasteiger partial charge in [-0.25, -0.2) is 13.1 Å². The molecule has 1 aromatic carbocycles. The number of carbonyl (C=O) groups excluding carboxylic acids is 1. The summed E-state index contributed by atoms with van der Waals surface area (Å²) in [6.07, 6.45) is 7.16. The molecule has 0 aliphatic heterocycles. The average molecular weight is 402 g/mol. The van der Waals surface area contributed by atoms with Gasteiger partial charge < -0.3 is 5.32 Å². The highest BCUT2D eigenvalue weighted by Crippen LogP contribution is 2.41. The zero-order valence-corrected chi connectivity index (χ0v) is 17.1. The largest absolute Gasteiger partial charge is 0.345 e. The molecule has 28 heavy (non-hydrogen) atoms. The van der Waals surface area contributed by atoms with E-state index in [4.69, 9.17) is 0 Å². The monoisotopic (exact) mass is 401 g/mol. The Hall–Kier alpha value is -2.25. The maximum atomic E-state index is 13.1. The number of nitrogens with one attached hydrogen (secondary N) is 2. The Kier molecular flexibility index (Phi) is 6.46. The first-order valence-electron chi connectivity index (χ1n) is 9.73. The molecule has 0 radical (unpaired) electrons. The summed E-state index contributed by atoms with van der Waals surface area (Å²) in [4.78, 5) is 17.3. The van der Waals surface area contributed by atoms with Crippen LogP contribution >= 0.6 is 0 Å². The van der Waals surface area contributed by atoms with Crippen molar-refractivity contribution >= 4 is 15.9 Å². The molecule has 0 spiro atoms. The van der Waals surface area contributed by atoms with Gasteiger partial charge in [0.05, 0.1) is 16.5 Å². The molecule has 0 saturated heterocycles. The molecule has 1 fully saturated rings. The van der Waals surface area contributed by atoms with E-state index in [2.05, 4.69) is 15.0 Å². The molecule has 3 rings (SSSR count). The van der Waals surface area contributed by atoms with Gasteiger partial charge in [0, 0.05) is 18.9 Å². The van der Waals surface area contributed by atoms with Crippen LogP contribution in [0.1, 0.15) is 60.1 Å². The topological polar surface area (TPSA) is 88.2 Å². The predicted octanol–water partition coefficient (Wildman–Crippen LogP) is 3.35. The molecule has 0 bridgehead atoms. The highest BCUT2D eigenvalue weighted by molar-refractivity contribution is 7.89. The Morgan fingerprint density at radius 1 is 1.29 bits per heavy atom. The van der Waals surface area contributed by atoms with Gasteiger partial charge in [0.15, 0.2) is 0 Å². The minimum Gasteiger partial charge on any atom is -0.345 e. The van der Waals surface area contributed by atoms with Crippen LogP contribution in [-0.2, 0) is 10.0 Å². The molecular weight excluding hydrogens is 374 g/mol. The van der Waals surface area contributed by atoms with Gasteiger partial charge in [-0.15, -0.1) is 0 Å². The van der Waals surface area contributed by atoms with E-state index in [1.807, 2.05) is 26.0 Å². The maximum absolute atomic E-state index is 13.1. The number of sulfonamides is 1. The van der Waals surface area contributed by atoms with E-state index in [0.717, 1.165) is 36.8 Å². The van der Waals surface area contributed by atoms with E-state index >= 15 is 0 Å². The number of aromatic nitrogens is 1. The maximum Gasteiger partial charge on any atom is 0.253 e. The summed E-state index contributed by atoms with van der Waals surface area (Å²) in [6, 6.07) is 8.48. The van der Waals surface area contributed by atoms with Gasteiger partial charge in [-0.2, -0.15) is 0 Å². The molecule has 1 amide bonds. The number of aryl methyl sites for hydroxylation is 1. The standard InChI is InChI=1S/C21H27N3O3S/c1-3-4-12-23-28(26,27)19-10-7-15(2)13-18(19)21(25)24-20(16-8-9-16)17-6-5-11-22-14-17/h5-7,10-11,13-14,16,20,23H,3-4,8-9,12H2,1-2H3,(H,24,25). The summed E-state index contributed by atoms with van der Waals surface area (Å²) in [7, 11) is -3.75. The Bertz CT molecular complexity index is 925. The lowest BCUT2D eigenvalue weighted by atomic mass is 10.0. The van der Waals surface area contributed by atoms with Crippen LogP contribution in [0.2, 0.25) is 0 Å². The van der Waals surface area contributed by atoms with Crippen molar-refractivity contribution < 1.29 is 13.2 Å². The number of hydrogen-bond donors (Lipinski definition) is 2. The van der Waals surface area contributed by atoms with E-state index in [9.17, 15) is 13.2 Å². The van der Waals surface area contributed by atoms with Crippen LogP contribution in [0.25, 0.3) is 0 Å². The zero-order valence-electron chi connectivity index (χ0n) is 16.3. The van der Waals surface area contributed by atoms with E-state index < -0.39 is 10.0 Å². The molecule has 6 nitrogen and oxygen atoms in total. The number of hydrogen-bond acceptors (Lipinski definition) is 4. The molecule has 1 aliphatic carbocycles. The molecule has 2 aromatic rings. The molecular formula is C21H27N3O3S. The quantitative estimate of drug-likeness (QED) is 0.631. The highest BCUT2D eigenvalue weighted by atomic mass is 32.2. The molecule has 7 heteroatoms. The van der Waals surface area contributed by atoms with Crippen LogP contribution in [0, 0.1) is 12.8 Å². The second-order valence-corrected chi connectivity index (χ2v) is 9.06. The van der Waals surface area contributed by atoms with Gasteiger partial charge in [0.1, 0.15) is 0 Å². The number of unbranched alkanes of at least 4 members (excludes halogenated alkanes) is 1. The molecule has 2 N–H and O–H groups in total. The summed E-state index contributed by atoms with van der Waals surface area (Å²) in [5.74, 6) is -0.0129. The SMILES string of the molecule is CCCCNS(=O)(=O)c1ccc(C)cc1C(=O)NC(c1cccnc1)C1CC1. The van der Waals surface area contributed by atoms with Crippen LogP contribution in [0.5, 0.6) is 0 Å². The fourth-order valence-corrected chi connectivity index (χ4v) is 4.46. The summed E-state index contributed by atoms with van der Waals surface area (Å²) in [6.45, 7) is 4.20. The Morgan fingerprint density at radius 2 is 2.07 bits per heavy atom. The molecule has 1 aliphatic rings. The smallest absolute Gasteiger partial charge is 0.253 e. The second-order valence-electron chi connectivity index (χ2n) is 7.33. The lowest BCUT2D eigenvalue weighted by Gasteiger charge is -2.20. The van der Waals surface area contributed by atoms with E-state index in [1.54, 1.807) is 24.5 Å². The van der Waals surface area contributed by atoms with Gasteiger partial charge in [-0.3, -0.25) is 9.78 Å². The number of amides is 1. The normalized spacial score (nSPS) is 15.2. The van der Waals surface area contributed by atoms with Gasteiger partial charge in [-0.05, 0) is 55.9 Å². The fraction of sp³-hybridized carbons (Fsp3) is 0.429. The van der Waals surface area contributed by atoms with Crippen molar-refractivity contribution in [3.63, 3.8) is 0 Å². The van der Waals surface area contributed by atoms with Crippen molar-refractivity contribution in [1.29, 1.82) is 0 Å². The Labute approximate surface area is 166 Å². The van der Waals surface area contributed by atoms with Crippen LogP contribution < -0.4 is 10.0 Å². The summed E-state index contributed by atoms with van der Waals surface area (Å²) < 4.78 is 28.1. The minimum absolute atomic E-state index is 0.0208. The third-order valence-corrected chi connectivity index (χ3v) is 6.43. The first-order chi connectivity index (χ1) is 13.4. The van der Waals surface area contributed by atoms with Crippen molar-refractivity contribution in [2.75, 3.05) is 6.54 Å². The fourth-order valence-electron chi connectivity index (χ4n) is 3.20. The second kappa shape index (κ2) is 8.84. The van der Waals surface area contributed by atoms with Crippen molar-refractivity contribution in [2.24, 2.45) is 5.92 Å². The van der Waals surface area contributed by atoms with Crippen molar-refractivity contribution in [3.05, 3.63) is 59.4 Å². The van der Waals surface area contributed by atoms with Gasteiger partial charge in [0.25, 0.3) is 5.91 Å². The zero-order chi connectivity index (χ0) is 20.1. The molecule has 1 saturated carbocycles. The lowest BCUT2D eigenvalue weighted by Crippen LogP contribution is -2.33. The number of benzene rings is 1. The Morgan fingerprint density at radius 3 is 2.71 bits per heavy atom. The number of rotatable bonds is 9. The van der Waals surface area contributed by atoms with Gasteiger partial charge >= 0.3 is 0 Å². The summed E-state index contributed by atoms with van der Waals surface area (Å²) in [5, 5.41) is 3.05. The van der Waals surface area contributed by atoms with Crippen LogP contribution in [0.15, 0.2) is 47.6 Å². The number of carbonyl (C=O) groups is 1. The van der Waals surface area contributed by atoms with Crippen molar-refractivity contribution in [1.82, 2.24) is 15.0 Å². The molecule has 1 heterocycles. The first-order valence-corrected chi connectivity index (χ1v) is 11.2. The van der Waals surface area contributed by atoms with Crippen LogP contribution in [0.4, 0.5) is 0 Å². The highest BCUT2D eigenvalue weighted by Gasteiger charge is 2.34. The van der Waals surface area contributed by atoms with E-state index in [-0.39, 0.29) is 22.4 Å². The Balaban J connectivity index is 1.87. The van der Waals surface area contributed by atoms with Crippen molar-refractivity contribution in [2.45, 2.75) is 50.5 Å². The predicted molar refractivity (Wildman–Crippen MR) is 108 cm³/mol. The van der Waals surface area contributed by atoms with Crippen LogP contribution in [0.3, 0.4) is 0 Å². The molecule has 1 aromatic heterocycles. The molecule has 1 unspecified atom stereocenters. The third-order valence-electron chi connectivity index (χ3n) is 4.92. The lowest BCUT2D eigenvalue weighted by molar-refractivity contribution is 0.0928. The molecule has 1 atom stereocenters. The van der Waals surface area contributed by atoms with Crippen LogP contribution in [-0.4, -0.2) is 25.9 Å². The summed E-state index contributed by atoms with van der Waals surface area (Å²) in [5.41, 5.74) is 1.96. The van der Waals surface area contributed by atoms with E-state index in [1.165, 1.54) is 6.07 Å². The molecule has 150 valence electrons. The van der Waals surface area contributed by atoms with Gasteiger partial charge in [-0.1, -0.05) is 31.0 Å². The third kappa shape index (κ3) is 4.97.